The summed E-state index contributed by atoms with van der Waals surface area (Å²) in [5.41, 5.74) is 3.46. The van der Waals surface area contributed by atoms with Crippen LogP contribution < -0.4 is 4.74 Å². The fourth-order valence-electron chi connectivity index (χ4n) is 4.39. The molecule has 0 aromatic heterocycles. The Balaban J connectivity index is 1.52. The Bertz CT molecular complexity index is 609. The molecule has 1 aromatic carbocycles. The molecule has 1 spiro atoms. The third-order valence-corrected chi connectivity index (χ3v) is 5.43. The van der Waals surface area contributed by atoms with Gasteiger partial charge < -0.3 is 9.57 Å². The molecule has 0 radical (unpaired) electrons. The lowest BCUT2D eigenvalue weighted by Gasteiger charge is -2.49. The van der Waals surface area contributed by atoms with E-state index in [0.29, 0.717) is 5.92 Å². The van der Waals surface area contributed by atoms with Crippen LogP contribution >= 0.6 is 0 Å². The minimum atomic E-state index is -0.127. The zero-order chi connectivity index (χ0) is 15.3. The van der Waals surface area contributed by atoms with Crippen molar-refractivity contribution in [1.29, 1.82) is 0 Å². The van der Waals surface area contributed by atoms with E-state index in [2.05, 4.69) is 43.0 Å². The third kappa shape index (κ3) is 2.21. The first-order chi connectivity index (χ1) is 10.6. The molecule has 5 rings (SSSR count). The van der Waals surface area contributed by atoms with Crippen molar-refractivity contribution in [2.75, 3.05) is 19.6 Å². The molecule has 0 aliphatic carbocycles. The maximum Gasteiger partial charge on any atom is 0.235 e. The molecule has 118 valence electrons. The second-order valence-electron chi connectivity index (χ2n) is 7.20. The van der Waals surface area contributed by atoms with Gasteiger partial charge in [0.15, 0.2) is 5.60 Å². The zero-order valence-electron chi connectivity index (χ0n) is 13.7. The van der Waals surface area contributed by atoms with Gasteiger partial charge in [0.05, 0.1) is 6.42 Å². The van der Waals surface area contributed by atoms with Crippen LogP contribution in [0.15, 0.2) is 17.3 Å². The lowest BCUT2D eigenvalue weighted by Crippen LogP contribution is -2.59. The number of hydrogen-bond acceptors (Lipinski definition) is 4. The van der Waals surface area contributed by atoms with E-state index < -0.39 is 0 Å². The van der Waals surface area contributed by atoms with Gasteiger partial charge in [0.2, 0.25) is 5.90 Å². The number of rotatable bonds is 1. The number of fused-ring (bicyclic) bond motifs is 2. The van der Waals surface area contributed by atoms with Crippen LogP contribution in [-0.2, 0) is 4.84 Å². The van der Waals surface area contributed by atoms with E-state index in [1.165, 1.54) is 31.5 Å². The maximum absolute atomic E-state index is 6.13. The molecule has 1 aromatic rings. The smallest absolute Gasteiger partial charge is 0.235 e. The van der Waals surface area contributed by atoms with Gasteiger partial charge in [0.25, 0.3) is 0 Å². The summed E-state index contributed by atoms with van der Waals surface area (Å²) >= 11 is 0. The molecule has 4 aliphatic heterocycles. The molecule has 4 aliphatic rings. The lowest BCUT2D eigenvalue weighted by molar-refractivity contribution is -0.136. The van der Waals surface area contributed by atoms with Gasteiger partial charge in [-0.05, 0) is 57.8 Å². The summed E-state index contributed by atoms with van der Waals surface area (Å²) in [6.07, 6.45) is 3.26. The summed E-state index contributed by atoms with van der Waals surface area (Å²) in [5.74, 6) is 2.30. The van der Waals surface area contributed by atoms with Crippen LogP contribution in [0.4, 0.5) is 0 Å². The third-order valence-electron chi connectivity index (χ3n) is 5.43. The minimum absolute atomic E-state index is 0.127. The van der Waals surface area contributed by atoms with Gasteiger partial charge in [-0.1, -0.05) is 22.9 Å². The van der Waals surface area contributed by atoms with Crippen molar-refractivity contribution in [1.82, 2.24) is 4.90 Å². The Morgan fingerprint density at radius 2 is 1.86 bits per heavy atom. The highest BCUT2D eigenvalue weighted by molar-refractivity contribution is 5.81. The Kier molecular flexibility index (Phi) is 3.19. The molecule has 3 fully saturated rings. The largest absolute Gasteiger partial charge is 0.439 e. The van der Waals surface area contributed by atoms with Crippen molar-refractivity contribution in [2.45, 2.75) is 45.6 Å². The van der Waals surface area contributed by atoms with Crippen LogP contribution in [0.3, 0.4) is 0 Å². The maximum atomic E-state index is 6.13. The van der Waals surface area contributed by atoms with E-state index in [-0.39, 0.29) is 5.60 Å². The van der Waals surface area contributed by atoms with Crippen molar-refractivity contribution >= 4 is 5.90 Å². The van der Waals surface area contributed by atoms with Gasteiger partial charge in [-0.25, -0.2) is 0 Å². The predicted octanol–water partition coefficient (Wildman–Crippen LogP) is 3.19. The van der Waals surface area contributed by atoms with Crippen molar-refractivity contribution in [2.24, 2.45) is 11.1 Å². The Hall–Kier alpha value is -1.55. The number of aryl methyl sites for hydroxylation is 3. The summed E-state index contributed by atoms with van der Waals surface area (Å²) in [5, 5.41) is 4.30. The first kappa shape index (κ1) is 14.1. The van der Waals surface area contributed by atoms with E-state index in [4.69, 9.17) is 9.57 Å². The lowest BCUT2D eigenvalue weighted by atomic mass is 9.74. The number of benzene rings is 1. The number of oxime groups is 1. The normalized spacial score (nSPS) is 33.0. The summed E-state index contributed by atoms with van der Waals surface area (Å²) < 4.78 is 6.13. The van der Waals surface area contributed by atoms with Gasteiger partial charge in [0, 0.05) is 12.5 Å². The second kappa shape index (κ2) is 4.98. The monoisotopic (exact) mass is 300 g/mol. The molecule has 4 heterocycles. The van der Waals surface area contributed by atoms with Crippen molar-refractivity contribution in [3.63, 3.8) is 0 Å². The number of ether oxygens (including phenoxy) is 1. The molecular weight excluding hydrogens is 276 g/mol. The van der Waals surface area contributed by atoms with Crippen LogP contribution in [0.1, 0.15) is 36.0 Å². The summed E-state index contributed by atoms with van der Waals surface area (Å²) in [4.78, 5) is 8.43. The van der Waals surface area contributed by atoms with E-state index in [0.717, 1.165) is 35.7 Å². The molecule has 0 N–H and O–H groups in total. The van der Waals surface area contributed by atoms with Gasteiger partial charge in [-0.3, -0.25) is 4.90 Å². The molecule has 0 amide bonds. The van der Waals surface area contributed by atoms with E-state index in [1.807, 2.05) is 0 Å². The fourth-order valence-corrected chi connectivity index (χ4v) is 4.39. The SMILES string of the molecule is Cc1cc(C)c(OC2=NOC3(C2)CN2CCC3CC2)c(C)c1. The highest BCUT2D eigenvalue weighted by atomic mass is 16.7. The standard InChI is InChI=1S/C18H24N2O2/c1-12-8-13(2)17(14(3)9-12)21-16-10-18(22-19-16)11-20-6-4-15(18)5-7-20/h8-9,15H,4-7,10-11H2,1-3H3. The van der Waals surface area contributed by atoms with Crippen LogP contribution in [0.5, 0.6) is 5.75 Å². The fraction of sp³-hybridized carbons (Fsp3) is 0.611. The molecule has 2 bridgehead atoms. The topological polar surface area (TPSA) is 34.1 Å². The van der Waals surface area contributed by atoms with Gasteiger partial charge in [-0.2, -0.15) is 0 Å². The van der Waals surface area contributed by atoms with Crippen LogP contribution in [0.25, 0.3) is 0 Å². The molecule has 4 nitrogen and oxygen atoms in total. The summed E-state index contributed by atoms with van der Waals surface area (Å²) in [7, 11) is 0. The number of piperidine rings is 3. The Labute approximate surface area is 132 Å². The first-order valence-electron chi connectivity index (χ1n) is 8.29. The van der Waals surface area contributed by atoms with Crippen LogP contribution in [-0.4, -0.2) is 36.0 Å². The predicted molar refractivity (Wildman–Crippen MR) is 86.3 cm³/mol. The molecule has 4 heteroatoms. The van der Waals surface area contributed by atoms with Crippen molar-refractivity contribution < 1.29 is 9.57 Å². The van der Waals surface area contributed by atoms with Crippen LogP contribution in [0, 0.1) is 26.7 Å². The summed E-state index contributed by atoms with van der Waals surface area (Å²) in [6.45, 7) is 9.72. The Morgan fingerprint density at radius 3 is 2.45 bits per heavy atom. The quantitative estimate of drug-likeness (QED) is 0.799. The highest BCUT2D eigenvalue weighted by Gasteiger charge is 2.53. The average Bonchev–Trinajstić information content (AvgIpc) is 2.87. The van der Waals surface area contributed by atoms with E-state index in [1.54, 1.807) is 0 Å². The Morgan fingerprint density at radius 1 is 1.18 bits per heavy atom. The summed E-state index contributed by atoms with van der Waals surface area (Å²) in [6, 6.07) is 4.31. The van der Waals surface area contributed by atoms with Gasteiger partial charge in [-0.15, -0.1) is 0 Å². The number of nitrogens with zero attached hydrogens (tertiary/aromatic N) is 2. The molecule has 0 saturated carbocycles. The molecule has 22 heavy (non-hydrogen) atoms. The van der Waals surface area contributed by atoms with Crippen molar-refractivity contribution in [3.8, 4) is 5.75 Å². The minimum Gasteiger partial charge on any atom is -0.439 e. The molecule has 3 saturated heterocycles. The van der Waals surface area contributed by atoms with Gasteiger partial charge in [0.1, 0.15) is 5.75 Å². The van der Waals surface area contributed by atoms with Crippen molar-refractivity contribution in [3.05, 3.63) is 28.8 Å². The average molecular weight is 300 g/mol. The second-order valence-corrected chi connectivity index (χ2v) is 7.20. The number of hydrogen-bond donors (Lipinski definition) is 0. The molecule has 1 atom stereocenters. The first-order valence-corrected chi connectivity index (χ1v) is 8.29. The zero-order valence-corrected chi connectivity index (χ0v) is 13.7. The van der Waals surface area contributed by atoms with E-state index in [9.17, 15) is 0 Å². The van der Waals surface area contributed by atoms with Crippen LogP contribution in [0.2, 0.25) is 0 Å². The van der Waals surface area contributed by atoms with E-state index >= 15 is 0 Å². The molecular formula is C18H24N2O2. The van der Waals surface area contributed by atoms with Gasteiger partial charge >= 0.3 is 0 Å². The molecule has 1 unspecified atom stereocenters. The highest BCUT2D eigenvalue weighted by Crippen LogP contribution is 2.43.